The van der Waals surface area contributed by atoms with Crippen LogP contribution in [0.1, 0.15) is 6.92 Å². The zero-order chi connectivity index (χ0) is 13.0. The molecule has 0 heterocycles. The van der Waals surface area contributed by atoms with Gasteiger partial charge >= 0.3 is 5.69 Å². The van der Waals surface area contributed by atoms with Crippen molar-refractivity contribution in [2.24, 2.45) is 5.73 Å². The Kier molecular flexibility index (Phi) is 3.76. The van der Waals surface area contributed by atoms with Gasteiger partial charge in [-0.25, -0.2) is 4.39 Å². The number of benzene rings is 1. The average Bonchev–Trinajstić information content (AvgIpc) is 2.19. The van der Waals surface area contributed by atoms with Crippen LogP contribution < -0.4 is 10.5 Å². The number of allylic oxidation sites excluding steroid dienone is 1. The molecule has 7 heteroatoms. The first kappa shape index (κ1) is 12.6. The molecule has 0 amide bonds. The average molecular weight is 239 g/mol. The van der Waals surface area contributed by atoms with Gasteiger partial charge in [-0.2, -0.15) is 0 Å². The van der Waals surface area contributed by atoms with Crippen molar-refractivity contribution in [3.63, 3.8) is 0 Å². The van der Waals surface area contributed by atoms with Crippen LogP contribution in [0.25, 0.3) is 0 Å². The van der Waals surface area contributed by atoms with Gasteiger partial charge in [-0.3, -0.25) is 15.5 Å². The van der Waals surface area contributed by atoms with Gasteiger partial charge in [-0.05, 0) is 19.1 Å². The van der Waals surface area contributed by atoms with E-state index >= 15 is 0 Å². The number of rotatable bonds is 3. The molecule has 0 bridgehead atoms. The van der Waals surface area contributed by atoms with Gasteiger partial charge in [0.2, 0.25) is 11.6 Å². The third-order valence-electron chi connectivity index (χ3n) is 1.70. The number of nitrogens with two attached hydrogens (primary N) is 1. The van der Waals surface area contributed by atoms with E-state index in [1.54, 1.807) is 0 Å². The van der Waals surface area contributed by atoms with Crippen LogP contribution in [0.15, 0.2) is 30.0 Å². The smallest absolute Gasteiger partial charge is 0.314 e. The van der Waals surface area contributed by atoms with Crippen LogP contribution in [0, 0.1) is 21.3 Å². The van der Waals surface area contributed by atoms with Crippen LogP contribution >= 0.6 is 0 Å². The van der Waals surface area contributed by atoms with Crippen molar-refractivity contribution in [1.29, 1.82) is 5.41 Å². The fourth-order valence-corrected chi connectivity index (χ4v) is 1.07. The Morgan fingerprint density at radius 1 is 1.65 bits per heavy atom. The second-order valence-electron chi connectivity index (χ2n) is 3.22. The standard InChI is InChI=1S/C10H10FN3O3/c1-6(12)4-10(13)17-9-3-2-7(11)5-8(9)14(15)16/h2-5,13H,12H2,1H3/b6-4-,13-10?. The van der Waals surface area contributed by atoms with Gasteiger partial charge in [0.25, 0.3) is 0 Å². The van der Waals surface area contributed by atoms with Crippen molar-refractivity contribution < 1.29 is 14.1 Å². The molecule has 90 valence electrons. The maximum Gasteiger partial charge on any atom is 0.314 e. The van der Waals surface area contributed by atoms with Gasteiger partial charge < -0.3 is 10.5 Å². The van der Waals surface area contributed by atoms with Gasteiger partial charge in [-0.1, -0.05) is 0 Å². The minimum Gasteiger partial charge on any atom is -0.432 e. The molecule has 3 N–H and O–H groups in total. The van der Waals surface area contributed by atoms with Gasteiger partial charge in [0.15, 0.2) is 0 Å². The number of hydrogen-bond acceptors (Lipinski definition) is 5. The van der Waals surface area contributed by atoms with Gasteiger partial charge in [-0.15, -0.1) is 0 Å². The predicted molar refractivity (Wildman–Crippen MR) is 59.4 cm³/mol. The Morgan fingerprint density at radius 2 is 2.29 bits per heavy atom. The molecule has 0 fully saturated rings. The van der Waals surface area contributed by atoms with Gasteiger partial charge in [0, 0.05) is 11.8 Å². The van der Waals surface area contributed by atoms with E-state index in [9.17, 15) is 14.5 Å². The summed E-state index contributed by atoms with van der Waals surface area (Å²) in [5.41, 5.74) is 5.09. The largest absolute Gasteiger partial charge is 0.432 e. The molecule has 6 nitrogen and oxygen atoms in total. The van der Waals surface area contributed by atoms with Crippen LogP contribution in [0.5, 0.6) is 5.75 Å². The Hall–Kier alpha value is -2.44. The van der Waals surface area contributed by atoms with Crippen molar-refractivity contribution >= 4 is 11.6 Å². The third-order valence-corrected chi connectivity index (χ3v) is 1.70. The van der Waals surface area contributed by atoms with Crippen molar-refractivity contribution in [3.05, 3.63) is 45.9 Å². The SMILES string of the molecule is C/C(N)=C/C(=N)Oc1ccc(F)cc1[N+](=O)[O-]. The Bertz CT molecular complexity index is 496. The molecule has 0 aromatic heterocycles. The fraction of sp³-hybridized carbons (Fsp3) is 0.100. The summed E-state index contributed by atoms with van der Waals surface area (Å²) in [6, 6.07) is 2.82. The van der Waals surface area contributed by atoms with Crippen LogP contribution in [-0.2, 0) is 0 Å². The molecule has 0 spiro atoms. The van der Waals surface area contributed by atoms with Crippen LogP contribution in [0.2, 0.25) is 0 Å². The van der Waals surface area contributed by atoms with Crippen LogP contribution in [0.3, 0.4) is 0 Å². The maximum atomic E-state index is 12.8. The summed E-state index contributed by atoms with van der Waals surface area (Å²) in [4.78, 5) is 9.84. The normalized spacial score (nSPS) is 11.1. The third kappa shape index (κ3) is 3.56. The molecule has 0 aliphatic heterocycles. The van der Waals surface area contributed by atoms with E-state index in [2.05, 4.69) is 0 Å². The highest BCUT2D eigenvalue weighted by Gasteiger charge is 2.17. The highest BCUT2D eigenvalue weighted by molar-refractivity contribution is 5.87. The lowest BCUT2D eigenvalue weighted by molar-refractivity contribution is -0.385. The Morgan fingerprint density at radius 3 is 2.82 bits per heavy atom. The molecule has 0 saturated carbocycles. The van der Waals surface area contributed by atoms with E-state index in [0.717, 1.165) is 18.2 Å². The minimum absolute atomic E-state index is 0.209. The molecule has 1 aromatic rings. The van der Waals surface area contributed by atoms with E-state index in [1.165, 1.54) is 13.0 Å². The molecule has 0 aliphatic rings. The highest BCUT2D eigenvalue weighted by atomic mass is 19.1. The lowest BCUT2D eigenvalue weighted by atomic mass is 10.3. The second-order valence-corrected chi connectivity index (χ2v) is 3.22. The van der Waals surface area contributed by atoms with Gasteiger partial charge in [0.05, 0.1) is 11.0 Å². The van der Waals surface area contributed by atoms with Crippen LogP contribution in [-0.4, -0.2) is 10.8 Å². The Balaban J connectivity index is 3.03. The number of nitrogens with one attached hydrogen (secondary N) is 1. The number of nitrogens with zero attached hydrogens (tertiary/aromatic N) is 1. The van der Waals surface area contributed by atoms with E-state index in [1.807, 2.05) is 0 Å². The highest BCUT2D eigenvalue weighted by Crippen LogP contribution is 2.27. The predicted octanol–water partition coefficient (Wildman–Crippen LogP) is 1.95. The van der Waals surface area contributed by atoms with E-state index in [4.69, 9.17) is 15.9 Å². The first-order valence-electron chi connectivity index (χ1n) is 4.54. The van der Waals surface area contributed by atoms with E-state index < -0.39 is 16.4 Å². The summed E-state index contributed by atoms with van der Waals surface area (Å²) in [5, 5.41) is 18.0. The summed E-state index contributed by atoms with van der Waals surface area (Å²) >= 11 is 0. The maximum absolute atomic E-state index is 12.8. The topological polar surface area (TPSA) is 102 Å². The summed E-state index contributed by atoms with van der Waals surface area (Å²) in [6.07, 6.45) is 1.19. The van der Waals surface area contributed by atoms with Crippen molar-refractivity contribution in [3.8, 4) is 5.75 Å². The molecule has 0 aliphatic carbocycles. The number of nitro benzene ring substituents is 1. The summed E-state index contributed by atoms with van der Waals surface area (Å²) in [5.74, 6) is -1.32. The molecule has 17 heavy (non-hydrogen) atoms. The number of ether oxygens (including phenoxy) is 1. The number of halogens is 1. The number of nitro groups is 1. The second kappa shape index (κ2) is 5.06. The summed E-state index contributed by atoms with van der Waals surface area (Å²) in [7, 11) is 0. The lowest BCUT2D eigenvalue weighted by Crippen LogP contribution is -2.07. The molecule has 0 saturated heterocycles. The fourth-order valence-electron chi connectivity index (χ4n) is 1.07. The molecular weight excluding hydrogens is 229 g/mol. The van der Waals surface area contributed by atoms with Gasteiger partial charge in [0.1, 0.15) is 5.82 Å². The summed E-state index contributed by atoms with van der Waals surface area (Å²) < 4.78 is 17.7. The van der Waals surface area contributed by atoms with E-state index in [-0.39, 0.29) is 11.6 Å². The lowest BCUT2D eigenvalue weighted by Gasteiger charge is -2.04. The Labute approximate surface area is 96.2 Å². The summed E-state index contributed by atoms with van der Waals surface area (Å²) in [6.45, 7) is 1.54. The zero-order valence-electron chi connectivity index (χ0n) is 8.94. The molecular formula is C10H10FN3O3. The zero-order valence-corrected chi connectivity index (χ0v) is 8.94. The molecule has 1 rings (SSSR count). The van der Waals surface area contributed by atoms with Crippen molar-refractivity contribution in [1.82, 2.24) is 0 Å². The van der Waals surface area contributed by atoms with E-state index in [0.29, 0.717) is 5.70 Å². The van der Waals surface area contributed by atoms with Crippen LogP contribution in [0.4, 0.5) is 10.1 Å². The first-order chi connectivity index (χ1) is 7.90. The molecule has 0 unspecified atom stereocenters. The van der Waals surface area contributed by atoms with Crippen molar-refractivity contribution in [2.75, 3.05) is 0 Å². The minimum atomic E-state index is -0.787. The molecule has 1 aromatic carbocycles. The number of hydrogen-bond donors (Lipinski definition) is 2. The monoisotopic (exact) mass is 239 g/mol. The quantitative estimate of drug-likeness (QED) is 0.364. The first-order valence-corrected chi connectivity index (χ1v) is 4.54. The van der Waals surface area contributed by atoms with Crippen molar-refractivity contribution in [2.45, 2.75) is 6.92 Å². The molecule has 0 atom stereocenters. The molecule has 0 radical (unpaired) electrons.